The average Bonchev–Trinajstić information content (AvgIpc) is 2.08. The van der Waals surface area contributed by atoms with Crippen molar-refractivity contribution in [2.45, 2.75) is 19.8 Å². The summed E-state index contributed by atoms with van der Waals surface area (Å²) in [6.07, 6.45) is 3.52. The van der Waals surface area contributed by atoms with Crippen molar-refractivity contribution in [2.24, 2.45) is 0 Å². The number of ether oxygens (including phenoxy) is 2. The van der Waals surface area contributed by atoms with Crippen LogP contribution in [0.1, 0.15) is 19.8 Å². The van der Waals surface area contributed by atoms with Crippen LogP contribution >= 0.6 is 0 Å². The van der Waals surface area contributed by atoms with Crippen LogP contribution in [-0.4, -0.2) is 12.4 Å². The lowest BCUT2D eigenvalue weighted by Gasteiger charge is -1.92. The van der Waals surface area contributed by atoms with Crippen LogP contribution in [0.3, 0.4) is 0 Å². The van der Waals surface area contributed by atoms with E-state index in [0.717, 1.165) is 18.9 Å². The standard InChI is InChI=1S/C6H10O2.C3H4O2/c1-3-5-6(7)8-4-2;1-2-5-3-4/h4H,2-3,5H2,1H3;2-3H,1H2. The molecule has 4 heteroatoms. The molecule has 0 N–H and O–H groups in total. The molecule has 0 rings (SSSR count). The van der Waals surface area contributed by atoms with Crippen LogP contribution in [-0.2, 0) is 19.1 Å². The average molecular weight is 186 g/mol. The molecular formula is C9H14O4. The Bertz CT molecular complexity index is 157. The number of rotatable bonds is 5. The van der Waals surface area contributed by atoms with Crippen LogP contribution < -0.4 is 0 Å². The van der Waals surface area contributed by atoms with E-state index >= 15 is 0 Å². The molecule has 0 fully saturated rings. The fourth-order valence-corrected chi connectivity index (χ4v) is 0.395. The van der Waals surface area contributed by atoms with Gasteiger partial charge in [0.2, 0.25) is 0 Å². The van der Waals surface area contributed by atoms with Gasteiger partial charge in [-0.25, -0.2) is 0 Å². The third kappa shape index (κ3) is 17.9. The number of carbonyl (C=O) groups excluding carboxylic acids is 2. The van der Waals surface area contributed by atoms with Gasteiger partial charge < -0.3 is 9.47 Å². The van der Waals surface area contributed by atoms with Crippen molar-refractivity contribution < 1.29 is 19.1 Å². The summed E-state index contributed by atoms with van der Waals surface area (Å²) in [5.41, 5.74) is 0. The van der Waals surface area contributed by atoms with Crippen molar-refractivity contribution in [3.8, 4) is 0 Å². The van der Waals surface area contributed by atoms with E-state index in [-0.39, 0.29) is 5.97 Å². The molecule has 0 atom stereocenters. The van der Waals surface area contributed by atoms with Gasteiger partial charge in [-0.05, 0) is 6.42 Å². The first-order valence-electron chi connectivity index (χ1n) is 3.73. The van der Waals surface area contributed by atoms with Gasteiger partial charge >= 0.3 is 5.97 Å². The highest BCUT2D eigenvalue weighted by Crippen LogP contribution is 1.89. The maximum Gasteiger partial charge on any atom is 0.310 e. The second-order valence-electron chi connectivity index (χ2n) is 1.81. The molecule has 4 nitrogen and oxygen atoms in total. The molecule has 0 aromatic heterocycles. The summed E-state index contributed by atoms with van der Waals surface area (Å²) in [6.45, 7) is 8.57. The number of hydrogen-bond donors (Lipinski definition) is 0. The Balaban J connectivity index is 0. The minimum absolute atomic E-state index is 0.206. The SMILES string of the molecule is C=COC(=O)CCC.C=COC=O. The maximum absolute atomic E-state index is 10.3. The molecule has 0 saturated carbocycles. The summed E-state index contributed by atoms with van der Waals surface area (Å²) in [5, 5.41) is 0. The Kier molecular flexibility index (Phi) is 14.0. The van der Waals surface area contributed by atoms with Gasteiger partial charge in [0.25, 0.3) is 6.47 Å². The van der Waals surface area contributed by atoms with Crippen LogP contribution in [0.4, 0.5) is 0 Å². The predicted molar refractivity (Wildman–Crippen MR) is 48.5 cm³/mol. The molecule has 0 unspecified atom stereocenters. The van der Waals surface area contributed by atoms with E-state index in [1.807, 2.05) is 6.92 Å². The van der Waals surface area contributed by atoms with Gasteiger partial charge in [-0.15, -0.1) is 0 Å². The van der Waals surface area contributed by atoms with Crippen LogP contribution in [0.5, 0.6) is 0 Å². The highest BCUT2D eigenvalue weighted by molar-refractivity contribution is 5.69. The predicted octanol–water partition coefficient (Wildman–Crippen LogP) is 1.78. The minimum Gasteiger partial charge on any atom is -0.437 e. The maximum atomic E-state index is 10.3. The van der Waals surface area contributed by atoms with Gasteiger partial charge in [0, 0.05) is 6.42 Å². The second kappa shape index (κ2) is 13.0. The molecule has 0 aliphatic carbocycles. The summed E-state index contributed by atoms with van der Waals surface area (Å²) in [4.78, 5) is 19.5. The van der Waals surface area contributed by atoms with Crippen molar-refractivity contribution >= 4 is 12.4 Å². The van der Waals surface area contributed by atoms with E-state index in [1.165, 1.54) is 0 Å². The molecule has 0 amide bonds. The van der Waals surface area contributed by atoms with E-state index in [9.17, 15) is 4.79 Å². The molecule has 0 bridgehead atoms. The number of hydrogen-bond acceptors (Lipinski definition) is 4. The van der Waals surface area contributed by atoms with E-state index < -0.39 is 0 Å². The van der Waals surface area contributed by atoms with Gasteiger partial charge in [0.15, 0.2) is 0 Å². The van der Waals surface area contributed by atoms with Crippen LogP contribution in [0.15, 0.2) is 25.7 Å². The van der Waals surface area contributed by atoms with Crippen LogP contribution in [0, 0.1) is 0 Å². The third-order valence-corrected chi connectivity index (χ3v) is 0.821. The first-order valence-corrected chi connectivity index (χ1v) is 3.73. The molecular weight excluding hydrogens is 172 g/mol. The van der Waals surface area contributed by atoms with Crippen molar-refractivity contribution in [3.05, 3.63) is 25.7 Å². The number of esters is 1. The third-order valence-electron chi connectivity index (χ3n) is 0.821. The normalized spacial score (nSPS) is 7.15. The van der Waals surface area contributed by atoms with Crippen molar-refractivity contribution in [3.63, 3.8) is 0 Å². The van der Waals surface area contributed by atoms with Crippen molar-refractivity contribution in [2.75, 3.05) is 0 Å². The fourth-order valence-electron chi connectivity index (χ4n) is 0.395. The molecule has 0 aromatic rings. The molecule has 74 valence electrons. The van der Waals surface area contributed by atoms with Gasteiger partial charge in [-0.3, -0.25) is 9.59 Å². The Morgan fingerprint density at radius 1 is 1.38 bits per heavy atom. The zero-order valence-corrected chi connectivity index (χ0v) is 7.69. The fraction of sp³-hybridized carbons (Fsp3) is 0.333. The Labute approximate surface area is 77.8 Å². The van der Waals surface area contributed by atoms with E-state index in [1.54, 1.807) is 0 Å². The van der Waals surface area contributed by atoms with Gasteiger partial charge in [0.1, 0.15) is 0 Å². The summed E-state index contributed by atoms with van der Waals surface area (Å²) in [6, 6.07) is 0. The van der Waals surface area contributed by atoms with E-state index in [4.69, 9.17) is 4.79 Å². The monoisotopic (exact) mass is 186 g/mol. The van der Waals surface area contributed by atoms with Gasteiger partial charge in [-0.1, -0.05) is 20.1 Å². The zero-order valence-electron chi connectivity index (χ0n) is 7.69. The summed E-state index contributed by atoms with van der Waals surface area (Å²) < 4.78 is 8.32. The summed E-state index contributed by atoms with van der Waals surface area (Å²) in [7, 11) is 0. The lowest BCUT2D eigenvalue weighted by atomic mass is 10.3. The van der Waals surface area contributed by atoms with Crippen LogP contribution in [0.2, 0.25) is 0 Å². The lowest BCUT2D eigenvalue weighted by molar-refractivity contribution is -0.138. The lowest BCUT2D eigenvalue weighted by Crippen LogP contribution is -1.96. The van der Waals surface area contributed by atoms with Crippen LogP contribution in [0.25, 0.3) is 0 Å². The topological polar surface area (TPSA) is 52.6 Å². The highest BCUT2D eigenvalue weighted by Gasteiger charge is 1.94. The minimum atomic E-state index is -0.206. The first-order chi connectivity index (χ1) is 6.22. The smallest absolute Gasteiger partial charge is 0.310 e. The Morgan fingerprint density at radius 3 is 2.23 bits per heavy atom. The zero-order chi connectivity index (χ0) is 10.5. The first kappa shape index (κ1) is 14.0. The van der Waals surface area contributed by atoms with E-state index in [2.05, 4.69) is 22.6 Å². The molecule has 0 aliphatic heterocycles. The Morgan fingerprint density at radius 2 is 2.00 bits per heavy atom. The molecule has 0 spiro atoms. The summed E-state index contributed by atoms with van der Waals surface area (Å²) >= 11 is 0. The summed E-state index contributed by atoms with van der Waals surface area (Å²) in [5.74, 6) is -0.206. The quantitative estimate of drug-likeness (QED) is 0.373. The van der Waals surface area contributed by atoms with Gasteiger partial charge in [-0.2, -0.15) is 0 Å². The molecule has 0 heterocycles. The molecule has 0 aromatic carbocycles. The highest BCUT2D eigenvalue weighted by atomic mass is 16.5. The van der Waals surface area contributed by atoms with Crippen molar-refractivity contribution in [1.82, 2.24) is 0 Å². The molecule has 0 saturated heterocycles. The molecule has 0 aliphatic rings. The van der Waals surface area contributed by atoms with Crippen molar-refractivity contribution in [1.29, 1.82) is 0 Å². The largest absolute Gasteiger partial charge is 0.437 e. The van der Waals surface area contributed by atoms with E-state index in [0.29, 0.717) is 12.9 Å². The number of carbonyl (C=O) groups is 2. The Hall–Kier alpha value is -1.58. The van der Waals surface area contributed by atoms with Gasteiger partial charge in [0.05, 0.1) is 12.5 Å². The molecule has 13 heavy (non-hydrogen) atoms. The molecule has 0 radical (unpaired) electrons. The second-order valence-corrected chi connectivity index (χ2v) is 1.81.